The highest BCUT2D eigenvalue weighted by Crippen LogP contribution is 2.20. The van der Waals surface area contributed by atoms with E-state index in [4.69, 9.17) is 14.4 Å². The fourth-order valence-electron chi connectivity index (χ4n) is 1.97. The summed E-state index contributed by atoms with van der Waals surface area (Å²) in [5, 5.41) is 9.06. The van der Waals surface area contributed by atoms with Crippen molar-refractivity contribution in [2.24, 2.45) is 0 Å². The van der Waals surface area contributed by atoms with Crippen molar-refractivity contribution in [3.05, 3.63) is 48.3 Å². The zero-order chi connectivity index (χ0) is 14.9. The number of nitriles is 1. The van der Waals surface area contributed by atoms with Gasteiger partial charge in [0.15, 0.2) is 18.1 Å². The third-order valence-electron chi connectivity index (χ3n) is 3.01. The third-order valence-corrected chi connectivity index (χ3v) is 3.01. The molecule has 0 aliphatic carbocycles. The topological polar surface area (TPSA) is 79.6 Å². The van der Waals surface area contributed by atoms with Crippen molar-refractivity contribution >= 4 is 6.29 Å². The van der Waals surface area contributed by atoms with Gasteiger partial charge in [0.1, 0.15) is 5.76 Å². The number of rotatable bonds is 3. The minimum absolute atomic E-state index is 0.270. The van der Waals surface area contributed by atoms with Crippen molar-refractivity contribution in [3.8, 4) is 6.07 Å². The Kier molecular flexibility index (Phi) is 5.76. The van der Waals surface area contributed by atoms with Gasteiger partial charge in [-0.2, -0.15) is 5.26 Å². The van der Waals surface area contributed by atoms with Gasteiger partial charge in [-0.05, 0) is 24.3 Å². The second-order valence-electron chi connectivity index (χ2n) is 4.33. The normalized spacial score (nSPS) is 16.3. The Labute approximate surface area is 122 Å². The number of furan rings is 2. The first-order chi connectivity index (χ1) is 10.3. The molecule has 0 N–H and O–H groups in total. The molecule has 6 heteroatoms. The van der Waals surface area contributed by atoms with Crippen LogP contribution in [0, 0.1) is 11.3 Å². The highest BCUT2D eigenvalue weighted by Gasteiger charge is 2.23. The van der Waals surface area contributed by atoms with Gasteiger partial charge in [0, 0.05) is 13.1 Å². The highest BCUT2D eigenvalue weighted by molar-refractivity contribution is 5.69. The van der Waals surface area contributed by atoms with Gasteiger partial charge in [-0.3, -0.25) is 9.69 Å². The summed E-state index contributed by atoms with van der Waals surface area (Å²) in [5.41, 5.74) is 0. The Morgan fingerprint density at radius 2 is 1.90 bits per heavy atom. The Bertz CT molecular complexity index is 551. The number of aldehydes is 1. The van der Waals surface area contributed by atoms with Crippen LogP contribution in [0.2, 0.25) is 0 Å². The van der Waals surface area contributed by atoms with Gasteiger partial charge in [-0.25, -0.2) is 0 Å². The minimum Gasteiger partial charge on any atom is -0.467 e. The van der Waals surface area contributed by atoms with Crippen LogP contribution >= 0.6 is 0 Å². The molecule has 110 valence electrons. The average molecular weight is 288 g/mol. The molecule has 21 heavy (non-hydrogen) atoms. The van der Waals surface area contributed by atoms with Gasteiger partial charge in [-0.1, -0.05) is 0 Å². The molecule has 0 spiro atoms. The van der Waals surface area contributed by atoms with Crippen LogP contribution in [-0.4, -0.2) is 37.5 Å². The monoisotopic (exact) mass is 288 g/mol. The van der Waals surface area contributed by atoms with Gasteiger partial charge in [0.25, 0.3) is 0 Å². The molecule has 3 heterocycles. The number of nitrogens with zero attached hydrogens (tertiary/aromatic N) is 2. The second kappa shape index (κ2) is 8.04. The first-order valence-electron chi connectivity index (χ1n) is 6.58. The van der Waals surface area contributed by atoms with Gasteiger partial charge < -0.3 is 13.6 Å². The molecule has 1 fully saturated rings. The lowest BCUT2D eigenvalue weighted by Crippen LogP contribution is -2.38. The van der Waals surface area contributed by atoms with E-state index in [1.54, 1.807) is 24.5 Å². The van der Waals surface area contributed by atoms with Crippen LogP contribution in [-0.2, 0) is 4.74 Å². The van der Waals surface area contributed by atoms with Gasteiger partial charge >= 0.3 is 0 Å². The van der Waals surface area contributed by atoms with E-state index in [2.05, 4.69) is 15.4 Å². The van der Waals surface area contributed by atoms with Crippen molar-refractivity contribution in [3.63, 3.8) is 0 Å². The number of carbonyl (C=O) groups excluding carboxylic acids is 1. The number of hydrogen-bond donors (Lipinski definition) is 0. The van der Waals surface area contributed by atoms with E-state index in [-0.39, 0.29) is 6.04 Å². The van der Waals surface area contributed by atoms with Gasteiger partial charge in [0.05, 0.1) is 31.8 Å². The first-order valence-corrected chi connectivity index (χ1v) is 6.58. The zero-order valence-corrected chi connectivity index (χ0v) is 11.5. The summed E-state index contributed by atoms with van der Waals surface area (Å²) in [6, 6.07) is 8.90. The number of carbonyl (C=O) groups is 1. The average Bonchev–Trinajstić information content (AvgIpc) is 3.23. The van der Waals surface area contributed by atoms with E-state index < -0.39 is 0 Å². The second-order valence-corrected chi connectivity index (χ2v) is 4.33. The molecule has 1 saturated heterocycles. The Morgan fingerprint density at radius 1 is 1.19 bits per heavy atom. The molecule has 1 atom stereocenters. The van der Waals surface area contributed by atoms with Gasteiger partial charge in [-0.15, -0.1) is 0 Å². The van der Waals surface area contributed by atoms with Crippen LogP contribution in [0.25, 0.3) is 0 Å². The Morgan fingerprint density at radius 3 is 2.38 bits per heavy atom. The largest absolute Gasteiger partial charge is 0.467 e. The molecule has 0 amide bonds. The molecular weight excluding hydrogens is 272 g/mol. The van der Waals surface area contributed by atoms with Crippen molar-refractivity contribution in [1.82, 2.24) is 4.90 Å². The highest BCUT2D eigenvalue weighted by atomic mass is 16.5. The molecule has 0 saturated carbocycles. The molecular formula is C15H16N2O4. The summed E-state index contributed by atoms with van der Waals surface area (Å²) in [6.45, 7) is 2.97. The lowest BCUT2D eigenvalue weighted by Gasteiger charge is -2.29. The van der Waals surface area contributed by atoms with E-state index in [1.807, 2.05) is 6.07 Å². The molecule has 2 aromatic rings. The fraction of sp³-hybridized carbons (Fsp3) is 0.333. The third kappa shape index (κ3) is 4.31. The lowest BCUT2D eigenvalue weighted by atomic mass is 10.2. The van der Waals surface area contributed by atoms with Crippen molar-refractivity contribution < 1.29 is 18.4 Å². The molecule has 0 bridgehead atoms. The molecule has 2 aromatic heterocycles. The summed E-state index contributed by atoms with van der Waals surface area (Å²) < 4.78 is 15.1. The van der Waals surface area contributed by atoms with E-state index in [1.165, 1.54) is 6.26 Å². The summed E-state index contributed by atoms with van der Waals surface area (Å²) in [5.74, 6) is 1.09. The van der Waals surface area contributed by atoms with Crippen LogP contribution in [0.4, 0.5) is 0 Å². The Hall–Kier alpha value is -2.36. The van der Waals surface area contributed by atoms with Crippen LogP contribution in [0.1, 0.15) is 22.4 Å². The van der Waals surface area contributed by atoms with Crippen LogP contribution < -0.4 is 0 Å². The molecule has 3 rings (SSSR count). The quantitative estimate of drug-likeness (QED) is 0.806. The van der Waals surface area contributed by atoms with Crippen LogP contribution in [0.15, 0.2) is 45.6 Å². The smallest absolute Gasteiger partial charge is 0.185 e. The number of morpholine rings is 1. The van der Waals surface area contributed by atoms with Gasteiger partial charge in [0.2, 0.25) is 0 Å². The molecule has 1 aliphatic heterocycles. The summed E-state index contributed by atoms with van der Waals surface area (Å²) in [6.07, 6.45) is 3.73. The maximum absolute atomic E-state index is 9.77. The van der Waals surface area contributed by atoms with E-state index in [0.717, 1.165) is 18.8 Å². The van der Waals surface area contributed by atoms with Crippen LogP contribution in [0.5, 0.6) is 0 Å². The summed E-state index contributed by atoms with van der Waals surface area (Å²) in [4.78, 5) is 11.8. The predicted molar refractivity (Wildman–Crippen MR) is 73.5 cm³/mol. The molecule has 1 unspecified atom stereocenters. The number of ether oxygens (including phenoxy) is 1. The summed E-state index contributed by atoms with van der Waals surface area (Å²) in [7, 11) is 0. The summed E-state index contributed by atoms with van der Waals surface area (Å²) >= 11 is 0. The van der Waals surface area contributed by atoms with Crippen molar-refractivity contribution in [2.45, 2.75) is 6.04 Å². The fourth-order valence-corrected chi connectivity index (χ4v) is 1.97. The maximum atomic E-state index is 9.77. The zero-order valence-electron chi connectivity index (χ0n) is 11.5. The van der Waals surface area contributed by atoms with Crippen molar-refractivity contribution in [2.75, 3.05) is 26.3 Å². The number of hydrogen-bond acceptors (Lipinski definition) is 6. The molecule has 0 aromatic carbocycles. The SMILES string of the molecule is N#CC(c1ccco1)N1CCOCC1.O=Cc1ccco1. The minimum atomic E-state index is -0.270. The van der Waals surface area contributed by atoms with E-state index >= 15 is 0 Å². The predicted octanol–water partition coefficient (Wildman–Crippen LogP) is 2.27. The molecule has 0 radical (unpaired) electrons. The first kappa shape index (κ1) is 15.0. The van der Waals surface area contributed by atoms with E-state index in [0.29, 0.717) is 25.3 Å². The molecule has 1 aliphatic rings. The Balaban J connectivity index is 0.000000194. The molecule has 6 nitrogen and oxygen atoms in total. The van der Waals surface area contributed by atoms with Crippen molar-refractivity contribution in [1.29, 1.82) is 5.26 Å². The maximum Gasteiger partial charge on any atom is 0.185 e. The van der Waals surface area contributed by atoms with E-state index in [9.17, 15) is 4.79 Å². The lowest BCUT2D eigenvalue weighted by molar-refractivity contribution is 0.0231. The standard InChI is InChI=1S/C10H12N2O2.C5H4O2/c11-8-9(10-2-1-5-14-10)12-3-6-13-7-4-12;6-4-5-2-1-3-7-5/h1-2,5,9H,3-4,6-7H2;1-4H. The van der Waals surface area contributed by atoms with Crippen LogP contribution in [0.3, 0.4) is 0 Å².